The number of rotatable bonds is 9. The molecule has 0 fully saturated rings. The lowest BCUT2D eigenvalue weighted by Crippen LogP contribution is -2.31. The van der Waals surface area contributed by atoms with Gasteiger partial charge >= 0.3 is 0 Å². The first-order chi connectivity index (χ1) is 15.7. The number of ether oxygens (including phenoxy) is 2. The average Bonchev–Trinajstić information content (AvgIpc) is 2.79. The van der Waals surface area contributed by atoms with Crippen LogP contribution in [0.3, 0.4) is 0 Å². The van der Waals surface area contributed by atoms with Gasteiger partial charge in [-0.05, 0) is 67.1 Å². The summed E-state index contributed by atoms with van der Waals surface area (Å²) < 4.78 is 38.3. The maximum Gasteiger partial charge on any atom is 0.261 e. The molecule has 0 heterocycles. The van der Waals surface area contributed by atoms with E-state index in [1.165, 1.54) is 25.3 Å². The number of sulfonamides is 1. The molecular weight excluding hydrogens is 487 g/mol. The van der Waals surface area contributed by atoms with E-state index in [-0.39, 0.29) is 34.2 Å². The maximum atomic E-state index is 12.6. The van der Waals surface area contributed by atoms with E-state index in [1.54, 1.807) is 36.4 Å². The van der Waals surface area contributed by atoms with E-state index in [0.29, 0.717) is 16.5 Å². The molecule has 0 spiro atoms. The third-order valence-electron chi connectivity index (χ3n) is 4.66. The summed E-state index contributed by atoms with van der Waals surface area (Å²) in [4.78, 5) is 12.2. The molecule has 1 atom stereocenters. The van der Waals surface area contributed by atoms with Crippen LogP contribution in [0.1, 0.15) is 18.5 Å². The van der Waals surface area contributed by atoms with Crippen LogP contribution in [-0.4, -0.2) is 28.0 Å². The highest BCUT2D eigenvalue weighted by atomic mass is 35.5. The van der Waals surface area contributed by atoms with E-state index < -0.39 is 10.0 Å². The van der Waals surface area contributed by atoms with Crippen LogP contribution in [0.15, 0.2) is 71.6 Å². The molecule has 0 aliphatic carbocycles. The zero-order chi connectivity index (χ0) is 24.0. The SMILES string of the molecule is COc1ccc(NS(=O)(=O)c2ccc(OCC(=O)NC(C)c3ccc(Cl)cc3)c(Cl)c2)cc1. The van der Waals surface area contributed by atoms with Crippen LogP contribution >= 0.6 is 23.2 Å². The van der Waals surface area contributed by atoms with Gasteiger partial charge in [-0.15, -0.1) is 0 Å². The van der Waals surface area contributed by atoms with Gasteiger partial charge in [0, 0.05) is 10.7 Å². The number of methoxy groups -OCH3 is 1. The first-order valence-corrected chi connectivity index (χ1v) is 12.1. The van der Waals surface area contributed by atoms with Crippen molar-refractivity contribution in [3.8, 4) is 11.5 Å². The van der Waals surface area contributed by atoms with Crippen LogP contribution in [0.25, 0.3) is 0 Å². The van der Waals surface area contributed by atoms with Crippen LogP contribution in [0, 0.1) is 0 Å². The molecule has 0 saturated carbocycles. The smallest absolute Gasteiger partial charge is 0.261 e. The van der Waals surface area contributed by atoms with Gasteiger partial charge in [0.1, 0.15) is 11.5 Å². The number of anilines is 1. The molecule has 3 aromatic carbocycles. The standard InChI is InChI=1S/C23H22Cl2N2O5S/c1-15(16-3-5-17(24)6-4-16)26-23(28)14-32-22-12-11-20(13-21(22)25)33(29,30)27-18-7-9-19(31-2)10-8-18/h3-13,15,27H,14H2,1-2H3,(H,26,28). The molecule has 0 aliphatic rings. The topological polar surface area (TPSA) is 93.7 Å². The highest BCUT2D eigenvalue weighted by Gasteiger charge is 2.17. The molecule has 0 aromatic heterocycles. The van der Waals surface area contributed by atoms with Gasteiger partial charge in [0.2, 0.25) is 0 Å². The monoisotopic (exact) mass is 508 g/mol. The molecule has 0 radical (unpaired) electrons. The van der Waals surface area contributed by atoms with E-state index in [4.69, 9.17) is 32.7 Å². The van der Waals surface area contributed by atoms with E-state index in [0.717, 1.165) is 5.56 Å². The lowest BCUT2D eigenvalue weighted by Gasteiger charge is -2.15. The third-order valence-corrected chi connectivity index (χ3v) is 6.59. The lowest BCUT2D eigenvalue weighted by molar-refractivity contribution is -0.123. The first-order valence-electron chi connectivity index (χ1n) is 9.82. The Hall–Kier alpha value is -2.94. The summed E-state index contributed by atoms with van der Waals surface area (Å²) in [5.74, 6) is 0.440. The number of hydrogen-bond acceptors (Lipinski definition) is 5. The molecule has 3 aromatic rings. The minimum atomic E-state index is -3.87. The third kappa shape index (κ3) is 6.77. The Balaban J connectivity index is 1.60. The fraction of sp³-hybridized carbons (Fsp3) is 0.174. The van der Waals surface area contributed by atoms with Gasteiger partial charge in [-0.1, -0.05) is 35.3 Å². The van der Waals surface area contributed by atoms with Gasteiger partial charge in [0.25, 0.3) is 15.9 Å². The molecule has 33 heavy (non-hydrogen) atoms. The van der Waals surface area contributed by atoms with Gasteiger partial charge in [0.15, 0.2) is 6.61 Å². The summed E-state index contributed by atoms with van der Waals surface area (Å²) in [7, 11) is -2.35. The zero-order valence-corrected chi connectivity index (χ0v) is 20.2. The van der Waals surface area contributed by atoms with Crippen molar-refractivity contribution in [3.63, 3.8) is 0 Å². The highest BCUT2D eigenvalue weighted by Crippen LogP contribution is 2.28. The highest BCUT2D eigenvalue weighted by molar-refractivity contribution is 7.92. The Morgan fingerprint density at radius 3 is 2.27 bits per heavy atom. The maximum absolute atomic E-state index is 12.6. The predicted molar refractivity (Wildman–Crippen MR) is 129 cm³/mol. The van der Waals surface area contributed by atoms with Crippen molar-refractivity contribution in [2.75, 3.05) is 18.4 Å². The second-order valence-corrected chi connectivity index (χ2v) is 9.58. The molecule has 0 bridgehead atoms. The molecule has 0 aliphatic heterocycles. The largest absolute Gasteiger partial charge is 0.497 e. The van der Waals surface area contributed by atoms with E-state index in [9.17, 15) is 13.2 Å². The van der Waals surface area contributed by atoms with Crippen molar-refractivity contribution in [1.82, 2.24) is 5.32 Å². The molecule has 0 saturated heterocycles. The first kappa shape index (κ1) is 24.7. The number of hydrogen-bond donors (Lipinski definition) is 2. The normalized spacial score (nSPS) is 12.0. The van der Waals surface area contributed by atoms with Crippen LogP contribution in [0.2, 0.25) is 10.0 Å². The fourth-order valence-electron chi connectivity index (χ4n) is 2.90. The van der Waals surface area contributed by atoms with Crippen LogP contribution in [0.5, 0.6) is 11.5 Å². The quantitative estimate of drug-likeness (QED) is 0.421. The second-order valence-electron chi connectivity index (χ2n) is 7.06. The average molecular weight is 509 g/mol. The molecule has 7 nitrogen and oxygen atoms in total. The molecule has 174 valence electrons. The Labute approximate surface area is 202 Å². The Kier molecular flexibility index (Phi) is 8.07. The van der Waals surface area contributed by atoms with Crippen molar-refractivity contribution >= 4 is 44.8 Å². The van der Waals surface area contributed by atoms with Gasteiger partial charge in [-0.25, -0.2) is 8.42 Å². The Morgan fingerprint density at radius 1 is 1.00 bits per heavy atom. The number of carbonyl (C=O) groups excluding carboxylic acids is 1. The minimum Gasteiger partial charge on any atom is -0.497 e. The summed E-state index contributed by atoms with van der Waals surface area (Å²) in [6.07, 6.45) is 0. The molecule has 10 heteroatoms. The van der Waals surface area contributed by atoms with Crippen LogP contribution < -0.4 is 19.5 Å². The molecule has 1 unspecified atom stereocenters. The van der Waals surface area contributed by atoms with Gasteiger partial charge in [0.05, 0.1) is 23.1 Å². The predicted octanol–water partition coefficient (Wildman–Crippen LogP) is 5.06. The summed E-state index contributed by atoms with van der Waals surface area (Å²) in [5.41, 5.74) is 1.27. The lowest BCUT2D eigenvalue weighted by atomic mass is 10.1. The summed E-state index contributed by atoms with van der Waals surface area (Å²) in [5, 5.41) is 3.48. The number of benzene rings is 3. The van der Waals surface area contributed by atoms with Gasteiger partial charge in [-0.3, -0.25) is 9.52 Å². The van der Waals surface area contributed by atoms with Gasteiger partial charge in [-0.2, -0.15) is 0 Å². The van der Waals surface area contributed by atoms with Gasteiger partial charge < -0.3 is 14.8 Å². The van der Waals surface area contributed by atoms with Crippen molar-refractivity contribution in [2.24, 2.45) is 0 Å². The van der Waals surface area contributed by atoms with Crippen molar-refractivity contribution in [1.29, 1.82) is 0 Å². The van der Waals surface area contributed by atoms with Crippen molar-refractivity contribution < 1.29 is 22.7 Å². The van der Waals surface area contributed by atoms with E-state index in [1.807, 2.05) is 19.1 Å². The molecule has 3 rings (SSSR count). The van der Waals surface area contributed by atoms with Crippen LogP contribution in [-0.2, 0) is 14.8 Å². The van der Waals surface area contributed by atoms with Crippen molar-refractivity contribution in [2.45, 2.75) is 17.9 Å². The Bertz CT molecular complexity index is 1220. The van der Waals surface area contributed by atoms with Crippen LogP contribution in [0.4, 0.5) is 5.69 Å². The summed E-state index contributed by atoms with van der Waals surface area (Å²) in [6.45, 7) is 1.55. The zero-order valence-electron chi connectivity index (χ0n) is 17.8. The van der Waals surface area contributed by atoms with Crippen molar-refractivity contribution in [3.05, 3.63) is 82.3 Å². The molecular formula is C23H22Cl2N2O5S. The number of halogens is 2. The fourth-order valence-corrected chi connectivity index (χ4v) is 4.41. The summed E-state index contributed by atoms with van der Waals surface area (Å²) in [6, 6.07) is 17.3. The second kappa shape index (κ2) is 10.8. The number of carbonyl (C=O) groups is 1. The number of amides is 1. The summed E-state index contributed by atoms with van der Waals surface area (Å²) >= 11 is 12.1. The number of nitrogens with one attached hydrogen (secondary N) is 2. The minimum absolute atomic E-state index is 0.0449. The molecule has 2 N–H and O–H groups in total. The Morgan fingerprint density at radius 2 is 1.67 bits per heavy atom. The molecule has 1 amide bonds. The van der Waals surface area contributed by atoms with E-state index >= 15 is 0 Å². The van der Waals surface area contributed by atoms with E-state index in [2.05, 4.69) is 10.0 Å².